The Balaban J connectivity index is 2.00. The molecule has 2 aromatic rings. The molecule has 0 bridgehead atoms. The summed E-state index contributed by atoms with van der Waals surface area (Å²) >= 11 is 0. The third-order valence-corrected chi connectivity index (χ3v) is 3.23. The maximum Gasteiger partial charge on any atom is 0.124 e. The zero-order valence-electron chi connectivity index (χ0n) is 12.5. The summed E-state index contributed by atoms with van der Waals surface area (Å²) in [5, 5.41) is 3.55. The van der Waals surface area contributed by atoms with E-state index in [9.17, 15) is 0 Å². The molecule has 1 atom stereocenters. The SMILES string of the molecule is CC(C)Oc1ccccc1CN[C@H](C)c1ccccc1. The van der Waals surface area contributed by atoms with Crippen LogP contribution in [-0.4, -0.2) is 6.10 Å². The second kappa shape index (κ2) is 7.11. The molecule has 0 aliphatic carbocycles. The second-order valence-corrected chi connectivity index (χ2v) is 5.29. The Morgan fingerprint density at radius 3 is 2.25 bits per heavy atom. The molecule has 2 nitrogen and oxygen atoms in total. The van der Waals surface area contributed by atoms with Crippen molar-refractivity contribution in [1.82, 2.24) is 5.32 Å². The van der Waals surface area contributed by atoms with Gasteiger partial charge in [-0.25, -0.2) is 0 Å². The van der Waals surface area contributed by atoms with E-state index in [-0.39, 0.29) is 6.10 Å². The van der Waals surface area contributed by atoms with Crippen molar-refractivity contribution in [2.24, 2.45) is 0 Å². The second-order valence-electron chi connectivity index (χ2n) is 5.29. The van der Waals surface area contributed by atoms with Gasteiger partial charge in [-0.3, -0.25) is 0 Å². The number of benzene rings is 2. The Kier molecular flexibility index (Phi) is 5.19. The maximum atomic E-state index is 5.84. The molecule has 2 rings (SSSR count). The minimum absolute atomic E-state index is 0.197. The van der Waals surface area contributed by atoms with Gasteiger partial charge in [-0.05, 0) is 32.4 Å². The molecular weight excluding hydrogens is 246 g/mol. The summed E-state index contributed by atoms with van der Waals surface area (Å²) in [5.74, 6) is 0.968. The molecule has 106 valence electrons. The van der Waals surface area contributed by atoms with E-state index < -0.39 is 0 Å². The van der Waals surface area contributed by atoms with Crippen LogP contribution in [0.5, 0.6) is 5.75 Å². The molecule has 20 heavy (non-hydrogen) atoms. The highest BCUT2D eigenvalue weighted by molar-refractivity contribution is 5.33. The highest BCUT2D eigenvalue weighted by Gasteiger charge is 2.08. The molecular formula is C18H23NO. The fraction of sp³-hybridized carbons (Fsp3) is 0.333. The van der Waals surface area contributed by atoms with Gasteiger partial charge in [0.25, 0.3) is 0 Å². The van der Waals surface area contributed by atoms with Crippen LogP contribution in [0, 0.1) is 0 Å². The van der Waals surface area contributed by atoms with Crippen LogP contribution < -0.4 is 10.1 Å². The summed E-state index contributed by atoms with van der Waals surface area (Å²) in [4.78, 5) is 0. The quantitative estimate of drug-likeness (QED) is 0.843. The van der Waals surface area contributed by atoms with Crippen LogP contribution in [0.1, 0.15) is 37.9 Å². The molecule has 0 radical (unpaired) electrons. The third-order valence-electron chi connectivity index (χ3n) is 3.23. The van der Waals surface area contributed by atoms with Gasteiger partial charge in [0, 0.05) is 18.2 Å². The summed E-state index contributed by atoms with van der Waals surface area (Å²) in [6.45, 7) is 7.09. The lowest BCUT2D eigenvalue weighted by atomic mass is 10.1. The topological polar surface area (TPSA) is 21.3 Å². The van der Waals surface area contributed by atoms with E-state index in [1.54, 1.807) is 0 Å². The molecule has 0 aliphatic rings. The first-order chi connectivity index (χ1) is 9.66. The average Bonchev–Trinajstić information content (AvgIpc) is 2.46. The van der Waals surface area contributed by atoms with Crippen LogP contribution in [0.25, 0.3) is 0 Å². The molecule has 0 spiro atoms. The van der Waals surface area contributed by atoms with Gasteiger partial charge in [0.2, 0.25) is 0 Å². The molecule has 0 fully saturated rings. The van der Waals surface area contributed by atoms with Crippen molar-refractivity contribution in [3.63, 3.8) is 0 Å². The lowest BCUT2D eigenvalue weighted by molar-refractivity contribution is 0.239. The average molecular weight is 269 g/mol. The van der Waals surface area contributed by atoms with E-state index in [1.165, 1.54) is 11.1 Å². The molecule has 0 saturated carbocycles. The minimum atomic E-state index is 0.197. The van der Waals surface area contributed by atoms with E-state index in [0.29, 0.717) is 6.04 Å². The summed E-state index contributed by atoms with van der Waals surface area (Å²) in [6, 6.07) is 19.0. The minimum Gasteiger partial charge on any atom is -0.491 e. The van der Waals surface area contributed by atoms with E-state index in [0.717, 1.165) is 12.3 Å². The van der Waals surface area contributed by atoms with E-state index in [1.807, 2.05) is 18.2 Å². The highest BCUT2D eigenvalue weighted by atomic mass is 16.5. The number of nitrogens with one attached hydrogen (secondary N) is 1. The fourth-order valence-electron chi connectivity index (χ4n) is 2.14. The van der Waals surface area contributed by atoms with Crippen LogP contribution in [0.3, 0.4) is 0 Å². The van der Waals surface area contributed by atoms with Gasteiger partial charge in [0.15, 0.2) is 0 Å². The van der Waals surface area contributed by atoms with Crippen LogP contribution in [0.4, 0.5) is 0 Å². The van der Waals surface area contributed by atoms with Crippen molar-refractivity contribution in [3.8, 4) is 5.75 Å². The molecule has 0 unspecified atom stereocenters. The van der Waals surface area contributed by atoms with Crippen molar-refractivity contribution in [3.05, 3.63) is 65.7 Å². The Hall–Kier alpha value is -1.80. The van der Waals surface area contributed by atoms with Gasteiger partial charge in [0.1, 0.15) is 5.75 Å². The molecule has 2 aromatic carbocycles. The van der Waals surface area contributed by atoms with E-state index in [4.69, 9.17) is 4.74 Å². The maximum absolute atomic E-state index is 5.84. The zero-order chi connectivity index (χ0) is 14.4. The van der Waals surface area contributed by atoms with E-state index >= 15 is 0 Å². The first kappa shape index (κ1) is 14.6. The Bertz CT molecular complexity index is 522. The molecule has 0 aliphatic heterocycles. The zero-order valence-corrected chi connectivity index (χ0v) is 12.5. The Morgan fingerprint density at radius 1 is 0.900 bits per heavy atom. The number of hydrogen-bond acceptors (Lipinski definition) is 2. The van der Waals surface area contributed by atoms with Crippen LogP contribution in [0.2, 0.25) is 0 Å². The summed E-state index contributed by atoms with van der Waals surface area (Å²) in [6.07, 6.45) is 0.197. The van der Waals surface area contributed by atoms with Gasteiger partial charge in [0.05, 0.1) is 6.10 Å². The Morgan fingerprint density at radius 2 is 1.55 bits per heavy atom. The third kappa shape index (κ3) is 4.10. The van der Waals surface area contributed by atoms with Gasteiger partial charge in [-0.1, -0.05) is 48.5 Å². The highest BCUT2D eigenvalue weighted by Crippen LogP contribution is 2.20. The molecule has 0 amide bonds. The summed E-state index contributed by atoms with van der Waals surface area (Å²) in [5.41, 5.74) is 2.50. The van der Waals surface area contributed by atoms with Crippen molar-refractivity contribution >= 4 is 0 Å². The predicted octanol–water partition coefficient (Wildman–Crippen LogP) is 4.32. The largest absolute Gasteiger partial charge is 0.491 e. The lowest BCUT2D eigenvalue weighted by Crippen LogP contribution is -2.19. The summed E-state index contributed by atoms with van der Waals surface area (Å²) in [7, 11) is 0. The van der Waals surface area contributed by atoms with Crippen LogP contribution >= 0.6 is 0 Å². The first-order valence-electron chi connectivity index (χ1n) is 7.19. The number of para-hydroxylation sites is 1. The van der Waals surface area contributed by atoms with Crippen molar-refractivity contribution in [1.29, 1.82) is 0 Å². The molecule has 0 aromatic heterocycles. The normalized spacial score (nSPS) is 12.4. The standard InChI is InChI=1S/C18H23NO/c1-14(2)20-18-12-8-7-11-17(18)13-19-15(3)16-9-5-4-6-10-16/h4-12,14-15,19H,13H2,1-3H3/t15-/m1/s1. The summed E-state index contributed by atoms with van der Waals surface area (Å²) < 4.78 is 5.84. The monoisotopic (exact) mass is 269 g/mol. The van der Waals surface area contributed by atoms with Gasteiger partial charge >= 0.3 is 0 Å². The molecule has 0 heterocycles. The smallest absolute Gasteiger partial charge is 0.124 e. The Labute approximate surface area is 121 Å². The fourth-order valence-corrected chi connectivity index (χ4v) is 2.14. The van der Waals surface area contributed by atoms with Gasteiger partial charge < -0.3 is 10.1 Å². The number of ether oxygens (including phenoxy) is 1. The molecule has 1 N–H and O–H groups in total. The van der Waals surface area contributed by atoms with Crippen molar-refractivity contribution in [2.45, 2.75) is 39.5 Å². The van der Waals surface area contributed by atoms with Gasteiger partial charge in [-0.15, -0.1) is 0 Å². The van der Waals surface area contributed by atoms with Gasteiger partial charge in [-0.2, -0.15) is 0 Å². The van der Waals surface area contributed by atoms with Crippen LogP contribution in [0.15, 0.2) is 54.6 Å². The lowest BCUT2D eigenvalue weighted by Gasteiger charge is -2.17. The van der Waals surface area contributed by atoms with Crippen molar-refractivity contribution < 1.29 is 4.74 Å². The number of rotatable bonds is 6. The molecule has 0 saturated heterocycles. The molecule has 2 heteroatoms. The predicted molar refractivity (Wildman–Crippen MR) is 83.9 cm³/mol. The van der Waals surface area contributed by atoms with Crippen molar-refractivity contribution in [2.75, 3.05) is 0 Å². The number of hydrogen-bond donors (Lipinski definition) is 1. The van der Waals surface area contributed by atoms with E-state index in [2.05, 4.69) is 62.5 Å². The van der Waals surface area contributed by atoms with Crippen LogP contribution in [-0.2, 0) is 6.54 Å². The first-order valence-corrected chi connectivity index (χ1v) is 7.19.